The van der Waals surface area contributed by atoms with Crippen molar-refractivity contribution in [3.63, 3.8) is 0 Å². The minimum Gasteiger partial charge on any atom is -0.457 e. The molecule has 10 nitrogen and oxygen atoms in total. The molecule has 216 valence electrons. The molecular formula is C31H40N8O2. The van der Waals surface area contributed by atoms with Crippen molar-refractivity contribution in [2.45, 2.75) is 63.7 Å². The van der Waals surface area contributed by atoms with Crippen LogP contribution in [0.5, 0.6) is 11.5 Å². The average molecular weight is 557 g/mol. The highest BCUT2D eigenvalue weighted by Gasteiger charge is 2.38. The molecule has 0 saturated heterocycles. The van der Waals surface area contributed by atoms with Gasteiger partial charge < -0.3 is 21.5 Å². The molecule has 1 amide bonds. The molecular weight excluding hydrogens is 516 g/mol. The van der Waals surface area contributed by atoms with Crippen LogP contribution in [0.1, 0.15) is 52.0 Å². The largest absolute Gasteiger partial charge is 0.457 e. The van der Waals surface area contributed by atoms with Gasteiger partial charge in [-0.2, -0.15) is 5.10 Å². The summed E-state index contributed by atoms with van der Waals surface area (Å²) in [6, 6.07) is 17.7. The Kier molecular flexibility index (Phi) is 8.23. The molecule has 0 radical (unpaired) electrons. The standard InChI is InChI=1S/C31H40N8O2/c1-20(2)18-31(33,38(3)4)30(40)36-22-12-14-23(15-13-22)39-29-26(28(32)34-19-35-29)27(37-39)21-10-16-25(17-11-21)41-24-8-6-5-7-9-24/h5-11,16-17,19-20,22-23H,12-15,18,33H2,1-4H3,(H,36,40)(H2,32,34,35). The molecule has 1 atom stereocenters. The third-order valence-electron chi connectivity index (χ3n) is 7.91. The van der Waals surface area contributed by atoms with E-state index in [1.165, 1.54) is 6.33 Å². The van der Waals surface area contributed by atoms with E-state index in [9.17, 15) is 4.79 Å². The number of aromatic nitrogens is 4. The Hall–Kier alpha value is -4.02. The maximum absolute atomic E-state index is 13.2. The van der Waals surface area contributed by atoms with Crippen LogP contribution in [-0.2, 0) is 4.79 Å². The van der Waals surface area contributed by atoms with Gasteiger partial charge in [0, 0.05) is 11.6 Å². The Morgan fingerprint density at radius 2 is 1.71 bits per heavy atom. The number of likely N-dealkylation sites (N-methyl/N-ethyl adjacent to an activating group) is 1. The fourth-order valence-corrected chi connectivity index (χ4v) is 5.63. The topological polar surface area (TPSA) is 137 Å². The van der Waals surface area contributed by atoms with Crippen LogP contribution in [0.2, 0.25) is 0 Å². The van der Waals surface area contributed by atoms with Crippen LogP contribution >= 0.6 is 0 Å². The van der Waals surface area contributed by atoms with Gasteiger partial charge in [-0.25, -0.2) is 14.6 Å². The second-order valence-electron chi connectivity index (χ2n) is 11.6. The first-order valence-electron chi connectivity index (χ1n) is 14.2. The number of ether oxygens (including phenoxy) is 1. The van der Waals surface area contributed by atoms with E-state index in [0.717, 1.165) is 59.5 Å². The van der Waals surface area contributed by atoms with E-state index < -0.39 is 5.66 Å². The van der Waals surface area contributed by atoms with Crippen molar-refractivity contribution in [2.75, 3.05) is 19.8 Å². The Balaban J connectivity index is 1.33. The van der Waals surface area contributed by atoms with Crippen molar-refractivity contribution in [1.29, 1.82) is 0 Å². The van der Waals surface area contributed by atoms with Crippen molar-refractivity contribution in [1.82, 2.24) is 30.0 Å². The van der Waals surface area contributed by atoms with E-state index in [0.29, 0.717) is 18.2 Å². The molecule has 0 spiro atoms. The van der Waals surface area contributed by atoms with Crippen LogP contribution < -0.4 is 21.5 Å². The molecule has 5 rings (SSSR count). The molecule has 5 N–H and O–H groups in total. The highest BCUT2D eigenvalue weighted by Crippen LogP contribution is 2.37. The van der Waals surface area contributed by atoms with Crippen LogP contribution in [0, 0.1) is 5.92 Å². The summed E-state index contributed by atoms with van der Waals surface area (Å²) in [5.41, 5.74) is 14.3. The number of benzene rings is 2. The highest BCUT2D eigenvalue weighted by molar-refractivity contribution is 5.98. The maximum atomic E-state index is 13.2. The van der Waals surface area contributed by atoms with Gasteiger partial charge in [0.05, 0.1) is 11.4 Å². The summed E-state index contributed by atoms with van der Waals surface area (Å²) in [4.78, 5) is 23.9. The van der Waals surface area contributed by atoms with Crippen molar-refractivity contribution < 1.29 is 9.53 Å². The van der Waals surface area contributed by atoms with Crippen LogP contribution in [0.15, 0.2) is 60.9 Å². The van der Waals surface area contributed by atoms with Crippen LogP contribution in [0.4, 0.5) is 5.82 Å². The molecule has 41 heavy (non-hydrogen) atoms. The number of anilines is 1. The van der Waals surface area contributed by atoms with E-state index in [2.05, 4.69) is 29.1 Å². The molecule has 1 saturated carbocycles. The summed E-state index contributed by atoms with van der Waals surface area (Å²) in [6.45, 7) is 4.16. The lowest BCUT2D eigenvalue weighted by molar-refractivity contribution is -0.134. The van der Waals surface area contributed by atoms with Crippen LogP contribution in [-0.4, -0.2) is 56.4 Å². The molecule has 4 aromatic rings. The minimum absolute atomic E-state index is 0.0620. The average Bonchev–Trinajstić information content (AvgIpc) is 3.35. The molecule has 1 aliphatic carbocycles. The number of hydrogen-bond donors (Lipinski definition) is 3. The summed E-state index contributed by atoms with van der Waals surface area (Å²) < 4.78 is 7.94. The van der Waals surface area contributed by atoms with Gasteiger partial charge in [-0.3, -0.25) is 9.69 Å². The first-order valence-corrected chi connectivity index (χ1v) is 14.2. The van der Waals surface area contributed by atoms with Crippen molar-refractivity contribution in [3.05, 3.63) is 60.9 Å². The number of carbonyl (C=O) groups excluding carboxylic acids is 1. The van der Waals surface area contributed by atoms with Crippen LogP contribution in [0.25, 0.3) is 22.3 Å². The van der Waals surface area contributed by atoms with Crippen molar-refractivity contribution >= 4 is 22.8 Å². The number of fused-ring (bicyclic) bond motifs is 1. The lowest BCUT2D eigenvalue weighted by Crippen LogP contribution is -2.64. The monoisotopic (exact) mass is 556 g/mol. The summed E-state index contributed by atoms with van der Waals surface area (Å²) in [5, 5.41) is 8.99. The number of amides is 1. The lowest BCUT2D eigenvalue weighted by atomic mass is 9.90. The molecule has 1 aliphatic rings. The quantitative estimate of drug-likeness (QED) is 0.252. The molecule has 2 aromatic carbocycles. The number of nitrogens with zero attached hydrogens (tertiary/aromatic N) is 5. The van der Waals surface area contributed by atoms with Gasteiger partial charge in [-0.05, 0) is 88.5 Å². The second-order valence-corrected chi connectivity index (χ2v) is 11.6. The number of nitrogen functional groups attached to an aromatic ring is 1. The number of hydrogen-bond acceptors (Lipinski definition) is 8. The van der Waals surface area contributed by atoms with E-state index in [-0.39, 0.29) is 18.0 Å². The maximum Gasteiger partial charge on any atom is 0.255 e. The zero-order chi connectivity index (χ0) is 29.1. The number of nitrogens with one attached hydrogen (secondary N) is 1. The van der Waals surface area contributed by atoms with Gasteiger partial charge in [0.1, 0.15) is 35.0 Å². The SMILES string of the molecule is CC(C)CC(N)(C(=O)NC1CCC(n2nc(-c3ccc(Oc4ccccc4)cc3)c3c(N)ncnc32)CC1)N(C)C. The smallest absolute Gasteiger partial charge is 0.255 e. The Labute approximate surface area is 241 Å². The van der Waals surface area contributed by atoms with Crippen LogP contribution in [0.3, 0.4) is 0 Å². The fraction of sp³-hybridized carbons (Fsp3) is 0.419. The Morgan fingerprint density at radius 3 is 2.34 bits per heavy atom. The second kappa shape index (κ2) is 11.8. The van der Waals surface area contributed by atoms with E-state index in [1.54, 1.807) is 0 Å². The lowest BCUT2D eigenvalue weighted by Gasteiger charge is -2.38. The Bertz CT molecular complexity index is 1480. The predicted octanol–water partition coefficient (Wildman–Crippen LogP) is 4.73. The molecule has 0 aliphatic heterocycles. The number of rotatable bonds is 9. The van der Waals surface area contributed by atoms with Gasteiger partial charge in [-0.15, -0.1) is 0 Å². The molecule has 0 bridgehead atoms. The highest BCUT2D eigenvalue weighted by atomic mass is 16.5. The number of para-hydroxylation sites is 1. The summed E-state index contributed by atoms with van der Waals surface area (Å²) in [7, 11) is 3.72. The zero-order valence-corrected chi connectivity index (χ0v) is 24.2. The zero-order valence-electron chi connectivity index (χ0n) is 24.2. The summed E-state index contributed by atoms with van der Waals surface area (Å²) >= 11 is 0. The third-order valence-corrected chi connectivity index (χ3v) is 7.91. The van der Waals surface area contributed by atoms with Gasteiger partial charge in [-0.1, -0.05) is 32.0 Å². The number of carbonyl (C=O) groups is 1. The van der Waals surface area contributed by atoms with Gasteiger partial charge >= 0.3 is 0 Å². The van der Waals surface area contributed by atoms with Crippen molar-refractivity contribution in [2.24, 2.45) is 11.7 Å². The van der Waals surface area contributed by atoms with E-state index >= 15 is 0 Å². The molecule has 2 aromatic heterocycles. The summed E-state index contributed by atoms with van der Waals surface area (Å²) in [6.07, 6.45) is 5.41. The van der Waals surface area contributed by atoms with Crippen molar-refractivity contribution in [3.8, 4) is 22.8 Å². The third kappa shape index (κ3) is 6.03. The fourth-order valence-electron chi connectivity index (χ4n) is 5.63. The molecule has 1 unspecified atom stereocenters. The van der Waals surface area contributed by atoms with Gasteiger partial charge in [0.15, 0.2) is 5.65 Å². The minimum atomic E-state index is -1.03. The van der Waals surface area contributed by atoms with E-state index in [1.807, 2.05) is 78.3 Å². The first-order chi connectivity index (χ1) is 19.7. The van der Waals surface area contributed by atoms with E-state index in [4.69, 9.17) is 21.3 Å². The van der Waals surface area contributed by atoms with Gasteiger partial charge in [0.2, 0.25) is 0 Å². The number of nitrogens with two attached hydrogens (primary N) is 2. The molecule has 10 heteroatoms. The van der Waals surface area contributed by atoms with Gasteiger partial charge in [0.25, 0.3) is 5.91 Å². The summed E-state index contributed by atoms with van der Waals surface area (Å²) in [5.74, 6) is 2.09. The predicted molar refractivity (Wildman–Crippen MR) is 161 cm³/mol. The normalized spacial score (nSPS) is 18.9. The first kappa shape index (κ1) is 28.5. The molecule has 1 fully saturated rings. The molecule has 2 heterocycles. The Morgan fingerprint density at radius 1 is 1.05 bits per heavy atom.